The van der Waals surface area contributed by atoms with Gasteiger partial charge in [-0.05, 0) is 38.1 Å². The van der Waals surface area contributed by atoms with E-state index in [1.165, 1.54) is 18.7 Å². The van der Waals surface area contributed by atoms with Crippen LogP contribution in [0.3, 0.4) is 0 Å². The summed E-state index contributed by atoms with van der Waals surface area (Å²) in [7, 11) is 0. The van der Waals surface area contributed by atoms with Crippen molar-refractivity contribution in [2.24, 2.45) is 0 Å². The lowest BCUT2D eigenvalue weighted by Crippen LogP contribution is -2.42. The summed E-state index contributed by atoms with van der Waals surface area (Å²) in [4.78, 5) is 26.8. The van der Waals surface area contributed by atoms with Gasteiger partial charge in [0.1, 0.15) is 6.04 Å². The molecule has 1 amide bonds. The van der Waals surface area contributed by atoms with Gasteiger partial charge in [0.25, 0.3) is 0 Å². The number of benzene rings is 1. The molecule has 2 N–H and O–H groups in total. The minimum atomic E-state index is -1.07. The molecule has 0 bridgehead atoms. The number of carboxylic acid groups (broad SMARTS) is 1. The fraction of sp³-hybridized carbons (Fsp3) is 0.312. The van der Waals surface area contributed by atoms with Crippen molar-refractivity contribution in [2.75, 3.05) is 0 Å². The Labute approximate surface area is 148 Å². The van der Waals surface area contributed by atoms with Crippen molar-refractivity contribution in [1.29, 1.82) is 0 Å². The number of oxazole rings is 1. The van der Waals surface area contributed by atoms with Gasteiger partial charge < -0.3 is 14.8 Å². The molecule has 6 nitrogen and oxygen atoms in total. The molecule has 8 heteroatoms. The van der Waals surface area contributed by atoms with Gasteiger partial charge in [-0.3, -0.25) is 9.59 Å². The van der Waals surface area contributed by atoms with E-state index in [4.69, 9.17) is 21.1 Å². The van der Waals surface area contributed by atoms with Crippen molar-refractivity contribution in [3.63, 3.8) is 0 Å². The van der Waals surface area contributed by atoms with Gasteiger partial charge in [0.05, 0.1) is 17.2 Å². The fourth-order valence-corrected chi connectivity index (χ4v) is 2.66. The summed E-state index contributed by atoms with van der Waals surface area (Å²) in [6.45, 7) is 3.13. The number of nitrogens with zero attached hydrogens (tertiary/aromatic N) is 1. The number of halogens is 1. The monoisotopic (exact) mass is 368 g/mol. The number of aliphatic carboxylic acids is 1. The number of hydrogen-bond acceptors (Lipinski definition) is 5. The molecule has 0 spiro atoms. The molecule has 2 rings (SSSR count). The number of carbonyl (C=O) groups excluding carboxylic acids is 1. The molecule has 0 fully saturated rings. The molecule has 0 aliphatic carbocycles. The Morgan fingerprint density at radius 1 is 1.33 bits per heavy atom. The van der Waals surface area contributed by atoms with E-state index in [1.807, 2.05) is 12.1 Å². The second-order valence-electron chi connectivity index (χ2n) is 5.15. The van der Waals surface area contributed by atoms with Gasteiger partial charge in [0.15, 0.2) is 5.76 Å². The molecule has 24 heavy (non-hydrogen) atoms. The largest absolute Gasteiger partial charge is 0.480 e. The third-order valence-electron chi connectivity index (χ3n) is 3.24. The van der Waals surface area contributed by atoms with Gasteiger partial charge in [-0.15, -0.1) is 11.8 Å². The molecular formula is C16H17ClN2O4S. The van der Waals surface area contributed by atoms with E-state index in [9.17, 15) is 9.59 Å². The van der Waals surface area contributed by atoms with E-state index in [1.54, 1.807) is 25.3 Å². The molecule has 0 saturated carbocycles. The predicted octanol–water partition coefficient (Wildman–Crippen LogP) is 3.21. The minimum absolute atomic E-state index is 0.334. The van der Waals surface area contributed by atoms with E-state index < -0.39 is 17.3 Å². The maximum absolute atomic E-state index is 11.9. The summed E-state index contributed by atoms with van der Waals surface area (Å²) < 4.78 is 5.66. The van der Waals surface area contributed by atoms with Crippen LogP contribution in [-0.4, -0.2) is 33.3 Å². The molecule has 0 aliphatic rings. The van der Waals surface area contributed by atoms with Gasteiger partial charge in [-0.2, -0.15) is 0 Å². The molecule has 1 heterocycles. The summed E-state index contributed by atoms with van der Waals surface area (Å²) >= 11 is 7.17. The first kappa shape index (κ1) is 18.4. The topological polar surface area (TPSA) is 92.4 Å². The predicted molar refractivity (Wildman–Crippen MR) is 92.9 cm³/mol. The van der Waals surface area contributed by atoms with Crippen LogP contribution >= 0.6 is 23.4 Å². The highest BCUT2D eigenvalue weighted by Crippen LogP contribution is 2.25. The standard InChI is InChI=1S/C16H17ClN2O4S/c1-9(16(21)22)19-15(20)10(2)24-8-14-18-7-13(23-14)11-3-5-12(17)6-4-11/h3-7,9-10H,8H2,1-2H3,(H,19,20)(H,21,22)/t9-,10?/m1/s1. The van der Waals surface area contributed by atoms with E-state index >= 15 is 0 Å². The number of hydrogen-bond donors (Lipinski definition) is 2. The zero-order chi connectivity index (χ0) is 17.7. The lowest BCUT2D eigenvalue weighted by molar-refractivity contribution is -0.141. The first-order valence-electron chi connectivity index (χ1n) is 7.22. The van der Waals surface area contributed by atoms with Crippen LogP contribution in [0.2, 0.25) is 5.02 Å². The zero-order valence-corrected chi connectivity index (χ0v) is 14.7. The summed E-state index contributed by atoms with van der Waals surface area (Å²) in [6.07, 6.45) is 1.62. The summed E-state index contributed by atoms with van der Waals surface area (Å²) in [5.41, 5.74) is 0.865. The second kappa shape index (κ2) is 8.21. The van der Waals surface area contributed by atoms with Crippen molar-refractivity contribution in [3.05, 3.63) is 41.4 Å². The zero-order valence-electron chi connectivity index (χ0n) is 13.2. The Hall–Kier alpha value is -1.99. The molecule has 2 atom stereocenters. The first-order chi connectivity index (χ1) is 11.4. The molecule has 1 unspecified atom stereocenters. The van der Waals surface area contributed by atoms with Crippen LogP contribution in [0.1, 0.15) is 19.7 Å². The van der Waals surface area contributed by atoms with Crippen LogP contribution < -0.4 is 5.32 Å². The highest BCUT2D eigenvalue weighted by atomic mass is 35.5. The van der Waals surface area contributed by atoms with Crippen molar-refractivity contribution in [2.45, 2.75) is 30.9 Å². The quantitative estimate of drug-likeness (QED) is 0.779. The van der Waals surface area contributed by atoms with E-state index in [0.717, 1.165) is 5.56 Å². The molecule has 0 saturated heterocycles. The lowest BCUT2D eigenvalue weighted by Gasteiger charge is -2.13. The van der Waals surface area contributed by atoms with Gasteiger partial charge in [0.2, 0.25) is 11.8 Å². The fourth-order valence-electron chi connectivity index (χ4n) is 1.79. The number of amides is 1. The Bertz CT molecular complexity index is 717. The van der Waals surface area contributed by atoms with E-state index in [2.05, 4.69) is 10.3 Å². The maximum Gasteiger partial charge on any atom is 0.325 e. The van der Waals surface area contributed by atoms with E-state index in [-0.39, 0.29) is 5.91 Å². The summed E-state index contributed by atoms with van der Waals surface area (Å²) in [5, 5.41) is 11.4. The Morgan fingerprint density at radius 3 is 2.62 bits per heavy atom. The average molecular weight is 369 g/mol. The van der Waals surface area contributed by atoms with Crippen molar-refractivity contribution in [1.82, 2.24) is 10.3 Å². The summed E-state index contributed by atoms with van der Waals surface area (Å²) in [5.74, 6) is 0.124. The third-order valence-corrected chi connectivity index (χ3v) is 4.62. The number of carbonyl (C=O) groups is 2. The van der Waals surface area contributed by atoms with Crippen LogP contribution in [0, 0.1) is 0 Å². The normalized spacial score (nSPS) is 13.3. The van der Waals surface area contributed by atoms with Gasteiger partial charge in [0, 0.05) is 10.6 Å². The van der Waals surface area contributed by atoms with Crippen molar-refractivity contribution < 1.29 is 19.1 Å². The molecule has 1 aromatic carbocycles. The third kappa shape index (κ3) is 5.01. The highest BCUT2D eigenvalue weighted by Gasteiger charge is 2.20. The van der Waals surface area contributed by atoms with Crippen LogP contribution in [0.15, 0.2) is 34.9 Å². The van der Waals surface area contributed by atoms with Gasteiger partial charge >= 0.3 is 5.97 Å². The van der Waals surface area contributed by atoms with Crippen molar-refractivity contribution in [3.8, 4) is 11.3 Å². The molecule has 0 aliphatic heterocycles. The number of nitrogens with one attached hydrogen (secondary N) is 1. The lowest BCUT2D eigenvalue weighted by atomic mass is 10.2. The smallest absolute Gasteiger partial charge is 0.325 e. The highest BCUT2D eigenvalue weighted by molar-refractivity contribution is 7.99. The SMILES string of the molecule is CC(SCc1ncc(-c2ccc(Cl)cc2)o1)C(=O)N[C@H](C)C(=O)O. The van der Waals surface area contributed by atoms with E-state index in [0.29, 0.717) is 22.4 Å². The number of aromatic nitrogens is 1. The van der Waals surface area contributed by atoms with Crippen LogP contribution in [-0.2, 0) is 15.3 Å². The molecule has 0 radical (unpaired) electrons. The summed E-state index contributed by atoms with van der Waals surface area (Å²) in [6, 6.07) is 6.29. The van der Waals surface area contributed by atoms with Crippen molar-refractivity contribution >= 4 is 35.2 Å². The second-order valence-corrected chi connectivity index (χ2v) is 6.91. The first-order valence-corrected chi connectivity index (χ1v) is 8.65. The van der Waals surface area contributed by atoms with Crippen LogP contribution in [0.5, 0.6) is 0 Å². The average Bonchev–Trinajstić information content (AvgIpc) is 3.02. The van der Waals surface area contributed by atoms with Crippen LogP contribution in [0.4, 0.5) is 0 Å². The maximum atomic E-state index is 11.9. The number of thioether (sulfide) groups is 1. The minimum Gasteiger partial charge on any atom is -0.480 e. The van der Waals surface area contributed by atoms with Crippen LogP contribution in [0.25, 0.3) is 11.3 Å². The molecule has 2 aromatic rings. The molecule has 1 aromatic heterocycles. The Morgan fingerprint density at radius 2 is 2.00 bits per heavy atom. The van der Waals surface area contributed by atoms with Gasteiger partial charge in [-0.25, -0.2) is 4.98 Å². The molecular weight excluding hydrogens is 352 g/mol. The Balaban J connectivity index is 1.89. The number of carboxylic acids is 1. The number of rotatable bonds is 7. The Kier molecular flexibility index (Phi) is 6.28. The van der Waals surface area contributed by atoms with Gasteiger partial charge in [-0.1, -0.05) is 11.6 Å². The molecule has 128 valence electrons.